The summed E-state index contributed by atoms with van der Waals surface area (Å²) in [6.07, 6.45) is -0.215. The van der Waals surface area contributed by atoms with Crippen molar-refractivity contribution in [1.29, 1.82) is 0 Å². The van der Waals surface area contributed by atoms with E-state index in [-0.39, 0.29) is 24.6 Å². The van der Waals surface area contributed by atoms with Gasteiger partial charge in [0.1, 0.15) is 22.9 Å². The maximum absolute atomic E-state index is 14.8. The lowest BCUT2D eigenvalue weighted by Gasteiger charge is -2.43. The molecule has 43 heavy (non-hydrogen) atoms. The highest BCUT2D eigenvalue weighted by molar-refractivity contribution is 5.97. The van der Waals surface area contributed by atoms with Crippen LogP contribution in [0.15, 0.2) is 60.7 Å². The van der Waals surface area contributed by atoms with E-state index in [9.17, 15) is 36.6 Å². The van der Waals surface area contributed by atoms with Crippen LogP contribution < -0.4 is 10.6 Å². The van der Waals surface area contributed by atoms with Gasteiger partial charge in [0.2, 0.25) is 5.91 Å². The number of nitrogens with zero attached hydrogens (tertiary/aromatic N) is 1. The molecule has 11 heteroatoms. The van der Waals surface area contributed by atoms with E-state index in [1.165, 1.54) is 4.90 Å². The lowest BCUT2D eigenvalue weighted by molar-refractivity contribution is -0.138. The van der Waals surface area contributed by atoms with Gasteiger partial charge in [-0.3, -0.25) is 9.59 Å². The number of alkyl halides is 3. The van der Waals surface area contributed by atoms with Crippen molar-refractivity contribution in [1.82, 2.24) is 4.90 Å². The van der Waals surface area contributed by atoms with Crippen LogP contribution in [-0.4, -0.2) is 34.4 Å². The van der Waals surface area contributed by atoms with Crippen LogP contribution in [0.25, 0.3) is 0 Å². The number of likely N-dealkylation sites (tertiary alicyclic amines) is 1. The summed E-state index contributed by atoms with van der Waals surface area (Å²) < 4.78 is 69.7. The van der Waals surface area contributed by atoms with Crippen molar-refractivity contribution in [3.05, 3.63) is 89.0 Å². The number of nitrogens with one attached hydrogen (secondary N) is 2. The van der Waals surface area contributed by atoms with E-state index < -0.39 is 58.5 Å². The second-order valence-electron chi connectivity index (χ2n) is 11.4. The third kappa shape index (κ3) is 6.60. The molecular formula is C32H32F5N3O3. The lowest BCUT2D eigenvalue weighted by atomic mass is 9.79. The average molecular weight is 602 g/mol. The first-order chi connectivity index (χ1) is 20.4. The highest BCUT2D eigenvalue weighted by Gasteiger charge is 2.43. The number of carbonyl (C=O) groups excluding carboxylic acids is 2. The first-order valence-corrected chi connectivity index (χ1v) is 14.2. The minimum absolute atomic E-state index is 0.0978. The fraction of sp³-hybridized carbons (Fsp3) is 0.375. The summed E-state index contributed by atoms with van der Waals surface area (Å²) in [4.78, 5) is 28.7. The summed E-state index contributed by atoms with van der Waals surface area (Å²) in [6, 6.07) is 12.2. The maximum atomic E-state index is 14.8. The van der Waals surface area contributed by atoms with Gasteiger partial charge in [-0.05, 0) is 73.2 Å². The van der Waals surface area contributed by atoms with Crippen molar-refractivity contribution in [3.63, 3.8) is 0 Å². The monoisotopic (exact) mass is 601 g/mol. The van der Waals surface area contributed by atoms with Crippen LogP contribution in [0.1, 0.15) is 66.6 Å². The highest BCUT2D eigenvalue weighted by Crippen LogP contribution is 2.42. The van der Waals surface area contributed by atoms with Gasteiger partial charge in [0.25, 0.3) is 5.91 Å². The van der Waals surface area contributed by atoms with E-state index in [1.807, 2.05) is 12.1 Å². The molecule has 2 amide bonds. The molecule has 5 rings (SSSR count). The molecule has 228 valence electrons. The van der Waals surface area contributed by atoms with E-state index in [2.05, 4.69) is 10.6 Å². The van der Waals surface area contributed by atoms with Gasteiger partial charge in [-0.1, -0.05) is 38.0 Å². The highest BCUT2D eigenvalue weighted by atomic mass is 19.4. The number of halogens is 5. The van der Waals surface area contributed by atoms with Crippen molar-refractivity contribution in [2.45, 2.75) is 57.3 Å². The Morgan fingerprint density at radius 1 is 0.930 bits per heavy atom. The van der Waals surface area contributed by atoms with Crippen LogP contribution in [0.3, 0.4) is 0 Å². The van der Waals surface area contributed by atoms with Gasteiger partial charge in [0.15, 0.2) is 0 Å². The molecule has 3 aromatic rings. The Morgan fingerprint density at radius 3 is 2.19 bits per heavy atom. The summed E-state index contributed by atoms with van der Waals surface area (Å²) in [5.74, 6) is -5.91. The number of anilines is 2. The molecule has 0 unspecified atom stereocenters. The fourth-order valence-corrected chi connectivity index (χ4v) is 6.18. The molecule has 1 saturated carbocycles. The fourth-order valence-electron chi connectivity index (χ4n) is 6.18. The number of hydrogen-bond donors (Lipinski definition) is 3. The van der Waals surface area contributed by atoms with E-state index in [1.54, 1.807) is 19.1 Å². The van der Waals surface area contributed by atoms with Crippen LogP contribution in [-0.2, 0) is 11.0 Å². The Balaban J connectivity index is 1.51. The topological polar surface area (TPSA) is 81.7 Å². The minimum Gasteiger partial charge on any atom is -0.507 e. The Labute approximate surface area is 245 Å². The Morgan fingerprint density at radius 2 is 1.56 bits per heavy atom. The molecule has 1 aliphatic carbocycles. The van der Waals surface area contributed by atoms with Crippen molar-refractivity contribution < 1.29 is 36.6 Å². The zero-order valence-electron chi connectivity index (χ0n) is 23.4. The molecule has 1 aliphatic heterocycles. The van der Waals surface area contributed by atoms with E-state index in [0.717, 1.165) is 61.7 Å². The van der Waals surface area contributed by atoms with E-state index in [4.69, 9.17) is 0 Å². The molecule has 3 N–H and O–H groups in total. The number of rotatable bonds is 6. The molecule has 2 fully saturated rings. The molecule has 0 radical (unpaired) electrons. The molecular weight excluding hydrogens is 569 g/mol. The quantitative estimate of drug-likeness (QED) is 0.202. The van der Waals surface area contributed by atoms with Gasteiger partial charge >= 0.3 is 6.18 Å². The Kier molecular flexibility index (Phi) is 8.62. The molecule has 0 bridgehead atoms. The maximum Gasteiger partial charge on any atom is 0.420 e. The predicted molar refractivity (Wildman–Crippen MR) is 151 cm³/mol. The first kappa shape index (κ1) is 30.3. The normalized spacial score (nSPS) is 21.1. The number of amides is 2. The van der Waals surface area contributed by atoms with Crippen LogP contribution in [0.5, 0.6) is 5.75 Å². The number of hydrogen-bond acceptors (Lipinski definition) is 4. The largest absolute Gasteiger partial charge is 0.507 e. The van der Waals surface area contributed by atoms with Crippen LogP contribution in [0, 0.1) is 23.5 Å². The summed E-state index contributed by atoms with van der Waals surface area (Å²) in [5, 5.41) is 15.7. The Bertz CT molecular complexity index is 1470. The SMILES string of the molecule is C[C@@H]1C[C@H](C(=O)Nc2ccc(O)c(C(F)(F)F)c2)[C@H](c2ccc(NC3CCCC3)cc2)N(C(=O)c2c(F)cccc2F)C1. The van der Waals surface area contributed by atoms with Crippen LogP contribution >= 0.6 is 0 Å². The molecule has 0 aromatic heterocycles. The first-order valence-electron chi connectivity index (χ1n) is 14.2. The Hall–Kier alpha value is -4.15. The summed E-state index contributed by atoms with van der Waals surface area (Å²) in [6.45, 7) is 1.88. The number of carbonyl (C=O) groups is 2. The third-order valence-corrected chi connectivity index (χ3v) is 8.20. The van der Waals surface area contributed by atoms with Crippen LogP contribution in [0.2, 0.25) is 0 Å². The van der Waals surface area contributed by atoms with Gasteiger partial charge in [0.05, 0.1) is 17.5 Å². The van der Waals surface area contributed by atoms with E-state index >= 15 is 0 Å². The predicted octanol–water partition coefficient (Wildman–Crippen LogP) is 7.52. The minimum atomic E-state index is -4.85. The zero-order chi connectivity index (χ0) is 30.9. The van der Waals surface area contributed by atoms with Gasteiger partial charge in [0, 0.05) is 24.0 Å². The summed E-state index contributed by atoms with van der Waals surface area (Å²) in [7, 11) is 0. The third-order valence-electron chi connectivity index (χ3n) is 8.20. The number of phenols is 1. The average Bonchev–Trinajstić information content (AvgIpc) is 3.46. The lowest BCUT2D eigenvalue weighted by Crippen LogP contribution is -2.49. The van der Waals surface area contributed by atoms with Crippen LogP contribution in [0.4, 0.5) is 33.3 Å². The molecule has 1 heterocycles. The van der Waals surface area contributed by atoms with Crippen molar-refractivity contribution in [2.75, 3.05) is 17.2 Å². The number of piperidine rings is 1. The molecule has 3 aromatic carbocycles. The second-order valence-corrected chi connectivity index (χ2v) is 11.4. The van der Waals surface area contributed by atoms with Crippen molar-refractivity contribution in [3.8, 4) is 5.75 Å². The van der Waals surface area contributed by atoms with Crippen molar-refractivity contribution in [2.24, 2.45) is 11.8 Å². The number of phenolic OH excluding ortho intramolecular Hbond substituents is 1. The molecule has 3 atom stereocenters. The standard InChI is InChI=1S/C32H32F5N3O3/c1-18-15-23(30(42)39-22-13-14-27(41)24(16-22)32(35,36)37)29(19-9-11-21(12-10-19)38-20-5-2-3-6-20)40(17-18)31(43)28-25(33)7-4-8-26(28)34/h4,7-14,16,18,20,23,29,38,41H,2-3,5-6,15,17H2,1H3,(H,39,42)/t18-,23+,29+/m1/s1. The molecule has 1 saturated heterocycles. The zero-order valence-corrected chi connectivity index (χ0v) is 23.4. The molecule has 6 nitrogen and oxygen atoms in total. The van der Waals surface area contributed by atoms with E-state index in [0.29, 0.717) is 17.7 Å². The molecule has 0 spiro atoms. The van der Waals surface area contributed by atoms with Gasteiger partial charge in [-0.2, -0.15) is 13.2 Å². The summed E-state index contributed by atoms with van der Waals surface area (Å²) in [5.41, 5.74) is -0.857. The van der Waals surface area contributed by atoms with Gasteiger partial charge in [-0.15, -0.1) is 0 Å². The van der Waals surface area contributed by atoms with Gasteiger partial charge in [-0.25, -0.2) is 8.78 Å². The van der Waals surface area contributed by atoms with Gasteiger partial charge < -0.3 is 20.6 Å². The summed E-state index contributed by atoms with van der Waals surface area (Å²) >= 11 is 0. The number of benzene rings is 3. The molecule has 2 aliphatic rings. The number of aromatic hydroxyl groups is 1. The van der Waals surface area contributed by atoms with Crippen molar-refractivity contribution >= 4 is 23.2 Å². The second kappa shape index (κ2) is 12.2. The smallest absolute Gasteiger partial charge is 0.420 e.